The molecule has 0 spiro atoms. The molecule has 0 bridgehead atoms. The molecular formula is C19H18N2O2S. The first-order valence-electron chi connectivity index (χ1n) is 8.16. The third-order valence-electron chi connectivity index (χ3n) is 4.08. The predicted octanol–water partition coefficient (Wildman–Crippen LogP) is 5.32. The number of benzene rings is 1. The number of ether oxygens (including phenoxy) is 2. The zero-order chi connectivity index (χ0) is 16.2. The smallest absolute Gasteiger partial charge is 0.151 e. The summed E-state index contributed by atoms with van der Waals surface area (Å²) in [6.45, 7) is 0. The van der Waals surface area contributed by atoms with Crippen molar-refractivity contribution in [2.45, 2.75) is 31.8 Å². The van der Waals surface area contributed by atoms with Crippen molar-refractivity contribution in [3.63, 3.8) is 0 Å². The molecule has 1 aliphatic rings. The molecule has 3 aromatic rings. The fourth-order valence-corrected chi connectivity index (χ4v) is 3.44. The number of para-hydroxylation sites is 1. The summed E-state index contributed by atoms with van der Waals surface area (Å²) in [6.07, 6.45) is 6.63. The van der Waals surface area contributed by atoms with Crippen molar-refractivity contribution in [1.29, 1.82) is 0 Å². The Morgan fingerprint density at radius 3 is 2.58 bits per heavy atom. The van der Waals surface area contributed by atoms with Gasteiger partial charge in [-0.2, -0.15) is 0 Å². The number of nitrogens with zero attached hydrogens (tertiary/aromatic N) is 2. The summed E-state index contributed by atoms with van der Waals surface area (Å²) in [5.41, 5.74) is 3.44. The SMILES string of the molecule is c1ccc(Oc2cnc(-c3cscn3)c(OC3CCCC3)c2)cc1. The van der Waals surface area contributed by atoms with Gasteiger partial charge < -0.3 is 9.47 Å². The van der Waals surface area contributed by atoms with Gasteiger partial charge in [0.05, 0.1) is 17.8 Å². The van der Waals surface area contributed by atoms with E-state index < -0.39 is 0 Å². The van der Waals surface area contributed by atoms with Crippen LogP contribution in [0.15, 0.2) is 53.5 Å². The Morgan fingerprint density at radius 2 is 1.83 bits per heavy atom. The van der Waals surface area contributed by atoms with Crippen LogP contribution >= 0.6 is 11.3 Å². The summed E-state index contributed by atoms with van der Waals surface area (Å²) < 4.78 is 12.1. The second-order valence-corrected chi connectivity index (χ2v) is 6.55. The molecule has 24 heavy (non-hydrogen) atoms. The molecule has 0 saturated heterocycles. The van der Waals surface area contributed by atoms with Crippen LogP contribution < -0.4 is 9.47 Å². The molecule has 1 saturated carbocycles. The maximum atomic E-state index is 6.23. The van der Waals surface area contributed by atoms with Crippen LogP contribution in [-0.4, -0.2) is 16.1 Å². The molecule has 4 nitrogen and oxygen atoms in total. The van der Waals surface area contributed by atoms with Gasteiger partial charge in [-0.15, -0.1) is 11.3 Å². The van der Waals surface area contributed by atoms with Gasteiger partial charge in [-0.3, -0.25) is 0 Å². The van der Waals surface area contributed by atoms with Gasteiger partial charge in [0.15, 0.2) is 5.75 Å². The molecule has 0 atom stereocenters. The van der Waals surface area contributed by atoms with Gasteiger partial charge in [0.1, 0.15) is 22.9 Å². The van der Waals surface area contributed by atoms with E-state index in [0.29, 0.717) is 5.75 Å². The normalized spacial score (nSPS) is 14.7. The highest BCUT2D eigenvalue weighted by Crippen LogP contribution is 2.35. The molecule has 0 radical (unpaired) electrons. The Hall–Kier alpha value is -2.40. The molecule has 2 heterocycles. The molecule has 0 amide bonds. The lowest BCUT2D eigenvalue weighted by atomic mass is 10.2. The van der Waals surface area contributed by atoms with Crippen molar-refractivity contribution >= 4 is 11.3 Å². The summed E-state index contributed by atoms with van der Waals surface area (Å²) in [7, 11) is 0. The lowest BCUT2D eigenvalue weighted by Crippen LogP contribution is -2.12. The van der Waals surface area contributed by atoms with Crippen molar-refractivity contribution in [1.82, 2.24) is 9.97 Å². The fraction of sp³-hybridized carbons (Fsp3) is 0.263. The molecule has 1 aliphatic carbocycles. The predicted molar refractivity (Wildman–Crippen MR) is 94.7 cm³/mol. The van der Waals surface area contributed by atoms with Crippen LogP contribution in [0.2, 0.25) is 0 Å². The largest absolute Gasteiger partial charge is 0.488 e. The Kier molecular flexibility index (Phi) is 4.42. The second kappa shape index (κ2) is 7.01. The zero-order valence-corrected chi connectivity index (χ0v) is 14.0. The van der Waals surface area contributed by atoms with Gasteiger partial charge in [0.2, 0.25) is 0 Å². The van der Waals surface area contributed by atoms with E-state index in [-0.39, 0.29) is 6.10 Å². The molecular weight excluding hydrogens is 320 g/mol. The van der Waals surface area contributed by atoms with Crippen molar-refractivity contribution < 1.29 is 9.47 Å². The third-order valence-corrected chi connectivity index (χ3v) is 4.66. The number of pyridine rings is 1. The zero-order valence-electron chi connectivity index (χ0n) is 13.2. The quantitative estimate of drug-likeness (QED) is 0.631. The molecule has 0 unspecified atom stereocenters. The monoisotopic (exact) mass is 338 g/mol. The first-order chi connectivity index (χ1) is 11.9. The second-order valence-electron chi connectivity index (χ2n) is 5.83. The summed E-state index contributed by atoms with van der Waals surface area (Å²) in [5, 5.41) is 1.99. The lowest BCUT2D eigenvalue weighted by Gasteiger charge is -2.16. The average molecular weight is 338 g/mol. The molecule has 2 aromatic heterocycles. The first-order valence-corrected chi connectivity index (χ1v) is 9.11. The molecule has 1 aromatic carbocycles. The Balaban J connectivity index is 1.64. The van der Waals surface area contributed by atoms with Gasteiger partial charge in [0, 0.05) is 11.4 Å². The van der Waals surface area contributed by atoms with E-state index in [4.69, 9.17) is 9.47 Å². The molecule has 4 rings (SSSR count). The highest BCUT2D eigenvalue weighted by Gasteiger charge is 2.20. The van der Waals surface area contributed by atoms with Crippen molar-refractivity contribution in [2.75, 3.05) is 0 Å². The number of rotatable bonds is 5. The van der Waals surface area contributed by atoms with Gasteiger partial charge in [-0.25, -0.2) is 9.97 Å². The minimum atomic E-state index is 0.260. The van der Waals surface area contributed by atoms with Crippen LogP contribution in [0, 0.1) is 0 Å². The Labute approximate surface area is 145 Å². The van der Waals surface area contributed by atoms with Crippen LogP contribution in [-0.2, 0) is 0 Å². The standard InChI is InChI=1S/C19H18N2O2S/c1-2-6-14(7-3-1)22-16-10-18(23-15-8-4-5-9-15)19(20-11-16)17-12-24-13-21-17/h1-3,6-7,10-13,15H,4-5,8-9H2. The van der Waals surface area contributed by atoms with Crippen LogP contribution in [0.1, 0.15) is 25.7 Å². The molecule has 5 heteroatoms. The average Bonchev–Trinajstić information content (AvgIpc) is 3.30. The summed E-state index contributed by atoms with van der Waals surface area (Å²) in [6, 6.07) is 11.6. The maximum Gasteiger partial charge on any atom is 0.151 e. The fourth-order valence-electron chi connectivity index (χ4n) is 2.90. The van der Waals surface area contributed by atoms with Crippen molar-refractivity contribution in [3.05, 3.63) is 53.5 Å². The van der Waals surface area contributed by atoms with Gasteiger partial charge in [-0.1, -0.05) is 18.2 Å². The van der Waals surface area contributed by atoms with E-state index in [9.17, 15) is 0 Å². The topological polar surface area (TPSA) is 44.2 Å². The van der Waals surface area contributed by atoms with E-state index >= 15 is 0 Å². The molecule has 1 fully saturated rings. The summed E-state index contributed by atoms with van der Waals surface area (Å²) >= 11 is 1.55. The highest BCUT2D eigenvalue weighted by molar-refractivity contribution is 7.07. The van der Waals surface area contributed by atoms with Crippen LogP contribution in [0.3, 0.4) is 0 Å². The van der Waals surface area contributed by atoms with Crippen LogP contribution in [0.5, 0.6) is 17.2 Å². The van der Waals surface area contributed by atoms with E-state index in [2.05, 4.69) is 9.97 Å². The number of hydrogen-bond acceptors (Lipinski definition) is 5. The minimum absolute atomic E-state index is 0.260. The molecule has 0 N–H and O–H groups in total. The van der Waals surface area contributed by atoms with Crippen LogP contribution in [0.4, 0.5) is 0 Å². The number of aromatic nitrogens is 2. The van der Waals surface area contributed by atoms with Crippen LogP contribution in [0.25, 0.3) is 11.4 Å². The minimum Gasteiger partial charge on any atom is -0.488 e. The Bertz CT molecular complexity index is 784. The van der Waals surface area contributed by atoms with Gasteiger partial charge in [0.25, 0.3) is 0 Å². The van der Waals surface area contributed by atoms with E-state index in [1.54, 1.807) is 17.5 Å². The first kappa shape index (κ1) is 15.1. The van der Waals surface area contributed by atoms with E-state index in [1.807, 2.05) is 47.3 Å². The maximum absolute atomic E-state index is 6.23. The number of thiazole rings is 1. The van der Waals surface area contributed by atoms with Crippen molar-refractivity contribution in [2.24, 2.45) is 0 Å². The third kappa shape index (κ3) is 3.41. The highest BCUT2D eigenvalue weighted by atomic mass is 32.1. The van der Waals surface area contributed by atoms with Gasteiger partial charge in [-0.05, 0) is 37.8 Å². The summed E-state index contributed by atoms with van der Waals surface area (Å²) in [4.78, 5) is 8.92. The summed E-state index contributed by atoms with van der Waals surface area (Å²) in [5.74, 6) is 2.21. The van der Waals surface area contributed by atoms with E-state index in [0.717, 1.165) is 35.7 Å². The van der Waals surface area contributed by atoms with Crippen molar-refractivity contribution in [3.8, 4) is 28.6 Å². The number of hydrogen-bond donors (Lipinski definition) is 0. The molecule has 122 valence electrons. The lowest BCUT2D eigenvalue weighted by molar-refractivity contribution is 0.209. The Morgan fingerprint density at radius 1 is 1.00 bits per heavy atom. The molecule has 0 aliphatic heterocycles. The van der Waals surface area contributed by atoms with Gasteiger partial charge >= 0.3 is 0 Å². The van der Waals surface area contributed by atoms with E-state index in [1.165, 1.54) is 12.8 Å².